The number of rotatable bonds is 4. The number of hydrogen-bond donors (Lipinski definition) is 1. The number of carboxylic acids is 1. The van der Waals surface area contributed by atoms with Crippen LogP contribution < -0.4 is 10.5 Å². The van der Waals surface area contributed by atoms with E-state index in [0.717, 1.165) is 5.56 Å². The Morgan fingerprint density at radius 1 is 1.10 bits per heavy atom. The Morgan fingerprint density at radius 2 is 1.76 bits per heavy atom. The molecule has 21 heavy (non-hydrogen) atoms. The highest BCUT2D eigenvalue weighted by atomic mass is 16.4. The first kappa shape index (κ1) is 14.5. The second kappa shape index (κ2) is 6.47. The lowest BCUT2D eigenvalue weighted by molar-refractivity contribution is -0.255. The molecular formula is C16H13N2O3-. The van der Waals surface area contributed by atoms with Crippen LogP contribution >= 0.6 is 0 Å². The Labute approximate surface area is 121 Å². The van der Waals surface area contributed by atoms with E-state index in [-0.39, 0.29) is 11.5 Å². The van der Waals surface area contributed by atoms with Crippen LogP contribution in [0.15, 0.2) is 53.6 Å². The van der Waals surface area contributed by atoms with Gasteiger partial charge in [0.25, 0.3) is 5.91 Å². The molecule has 0 bridgehead atoms. The number of carboxylic acid groups (broad SMARTS) is 1. The van der Waals surface area contributed by atoms with Crippen molar-refractivity contribution in [3.8, 4) is 0 Å². The summed E-state index contributed by atoms with van der Waals surface area (Å²) in [7, 11) is 0. The van der Waals surface area contributed by atoms with Gasteiger partial charge in [-0.05, 0) is 29.7 Å². The molecular weight excluding hydrogens is 268 g/mol. The fraction of sp³-hybridized carbons (Fsp3) is 0.0625. The summed E-state index contributed by atoms with van der Waals surface area (Å²) in [6.45, 7) is 1.84. The van der Waals surface area contributed by atoms with Crippen molar-refractivity contribution in [2.45, 2.75) is 6.92 Å². The van der Waals surface area contributed by atoms with Crippen LogP contribution in [0.25, 0.3) is 0 Å². The largest absolute Gasteiger partial charge is 0.545 e. The van der Waals surface area contributed by atoms with Gasteiger partial charge in [0.1, 0.15) is 0 Å². The third-order valence-electron chi connectivity index (χ3n) is 2.92. The lowest BCUT2D eigenvalue weighted by Crippen LogP contribution is -2.22. The molecule has 0 aliphatic heterocycles. The molecule has 0 unspecified atom stereocenters. The lowest BCUT2D eigenvalue weighted by atomic mass is 10.1. The molecule has 0 radical (unpaired) electrons. The molecule has 1 N–H and O–H groups in total. The maximum absolute atomic E-state index is 11.9. The van der Waals surface area contributed by atoms with E-state index in [1.807, 2.05) is 19.1 Å². The van der Waals surface area contributed by atoms with Crippen molar-refractivity contribution in [2.75, 3.05) is 0 Å². The second-order valence-corrected chi connectivity index (χ2v) is 4.42. The Kier molecular flexibility index (Phi) is 4.46. The van der Waals surface area contributed by atoms with Gasteiger partial charge in [0.2, 0.25) is 0 Å². The van der Waals surface area contributed by atoms with Crippen molar-refractivity contribution in [1.82, 2.24) is 5.43 Å². The van der Waals surface area contributed by atoms with Crippen molar-refractivity contribution in [2.24, 2.45) is 5.10 Å². The van der Waals surface area contributed by atoms with Crippen LogP contribution in [0, 0.1) is 6.92 Å². The van der Waals surface area contributed by atoms with E-state index < -0.39 is 5.97 Å². The molecule has 2 aromatic carbocycles. The Bertz CT molecular complexity index is 691. The summed E-state index contributed by atoms with van der Waals surface area (Å²) in [4.78, 5) is 22.5. The molecule has 0 saturated carbocycles. The quantitative estimate of drug-likeness (QED) is 0.673. The smallest absolute Gasteiger partial charge is 0.271 e. The highest BCUT2D eigenvalue weighted by Crippen LogP contribution is 2.06. The Balaban J connectivity index is 2.01. The molecule has 0 spiro atoms. The molecule has 1 amide bonds. The highest BCUT2D eigenvalue weighted by molar-refractivity contribution is 5.96. The van der Waals surface area contributed by atoms with E-state index in [0.29, 0.717) is 11.1 Å². The molecule has 2 aromatic rings. The van der Waals surface area contributed by atoms with Gasteiger partial charge in [-0.1, -0.05) is 42.5 Å². The molecule has 5 heteroatoms. The van der Waals surface area contributed by atoms with E-state index in [4.69, 9.17) is 0 Å². The number of nitrogens with one attached hydrogen (secondary N) is 1. The third kappa shape index (κ3) is 3.76. The third-order valence-corrected chi connectivity index (χ3v) is 2.92. The summed E-state index contributed by atoms with van der Waals surface area (Å²) in [6.07, 6.45) is 1.44. The number of carbonyl (C=O) groups excluding carboxylic acids is 2. The van der Waals surface area contributed by atoms with Crippen molar-refractivity contribution in [1.29, 1.82) is 0 Å². The first-order valence-corrected chi connectivity index (χ1v) is 6.28. The lowest BCUT2D eigenvalue weighted by Gasteiger charge is -2.03. The average molecular weight is 281 g/mol. The molecule has 0 aliphatic carbocycles. The summed E-state index contributed by atoms with van der Waals surface area (Å²) in [6, 6.07) is 13.2. The summed E-state index contributed by atoms with van der Waals surface area (Å²) < 4.78 is 0. The van der Waals surface area contributed by atoms with Crippen molar-refractivity contribution >= 4 is 18.1 Å². The highest BCUT2D eigenvalue weighted by Gasteiger charge is 2.05. The standard InChI is InChI=1S/C16H14N2O3/c1-11-4-2-3-5-14(11)15(19)18-17-10-12-6-8-13(9-7-12)16(20)21/h2-10H,1H3,(H,18,19)(H,20,21)/p-1/b17-10-. The molecule has 5 nitrogen and oxygen atoms in total. The zero-order chi connectivity index (χ0) is 15.2. The van der Waals surface area contributed by atoms with Gasteiger partial charge in [0.15, 0.2) is 0 Å². The van der Waals surface area contributed by atoms with Crippen LogP contribution in [0.2, 0.25) is 0 Å². The van der Waals surface area contributed by atoms with Gasteiger partial charge >= 0.3 is 0 Å². The molecule has 0 heterocycles. The van der Waals surface area contributed by atoms with Crippen LogP contribution in [-0.2, 0) is 0 Å². The van der Waals surface area contributed by atoms with Gasteiger partial charge in [-0.25, -0.2) is 5.43 Å². The number of nitrogens with zero attached hydrogens (tertiary/aromatic N) is 1. The van der Waals surface area contributed by atoms with Crippen molar-refractivity contribution < 1.29 is 14.7 Å². The minimum Gasteiger partial charge on any atom is -0.545 e. The summed E-state index contributed by atoms with van der Waals surface area (Å²) in [5, 5.41) is 14.4. The van der Waals surface area contributed by atoms with Gasteiger partial charge in [-0.15, -0.1) is 0 Å². The number of benzene rings is 2. The first-order valence-electron chi connectivity index (χ1n) is 6.28. The predicted molar refractivity (Wildman–Crippen MR) is 77.0 cm³/mol. The normalized spacial score (nSPS) is 10.5. The van der Waals surface area contributed by atoms with E-state index >= 15 is 0 Å². The number of hydrazone groups is 1. The number of amides is 1. The first-order chi connectivity index (χ1) is 10.1. The molecule has 0 fully saturated rings. The topological polar surface area (TPSA) is 81.6 Å². The monoisotopic (exact) mass is 281 g/mol. The fourth-order valence-corrected chi connectivity index (χ4v) is 1.76. The van der Waals surface area contributed by atoms with Crippen LogP contribution in [0.4, 0.5) is 0 Å². The summed E-state index contributed by atoms with van der Waals surface area (Å²) in [5.41, 5.74) is 4.61. The van der Waals surface area contributed by atoms with Crippen molar-refractivity contribution in [3.05, 3.63) is 70.8 Å². The Morgan fingerprint density at radius 3 is 2.38 bits per heavy atom. The number of aromatic carboxylic acids is 1. The van der Waals surface area contributed by atoms with E-state index in [1.165, 1.54) is 18.3 Å². The summed E-state index contributed by atoms with van der Waals surface area (Å²) >= 11 is 0. The zero-order valence-electron chi connectivity index (χ0n) is 11.4. The Hall–Kier alpha value is -2.95. The molecule has 106 valence electrons. The molecule has 0 atom stereocenters. The predicted octanol–water partition coefficient (Wildman–Crippen LogP) is 1.12. The van der Waals surface area contributed by atoms with Crippen LogP contribution in [0.1, 0.15) is 31.8 Å². The SMILES string of the molecule is Cc1ccccc1C(=O)N/N=C\c1ccc(C(=O)[O-])cc1. The maximum Gasteiger partial charge on any atom is 0.271 e. The number of aryl methyl sites for hydroxylation is 1. The van der Waals surface area contributed by atoms with Gasteiger partial charge in [0.05, 0.1) is 12.2 Å². The van der Waals surface area contributed by atoms with Gasteiger partial charge < -0.3 is 9.90 Å². The molecule has 2 rings (SSSR count). The minimum atomic E-state index is -1.23. The van der Waals surface area contributed by atoms with E-state index in [2.05, 4.69) is 10.5 Å². The van der Waals surface area contributed by atoms with Crippen LogP contribution in [0.5, 0.6) is 0 Å². The average Bonchev–Trinajstić information content (AvgIpc) is 2.48. The number of carbonyl (C=O) groups is 2. The zero-order valence-corrected chi connectivity index (χ0v) is 11.4. The van der Waals surface area contributed by atoms with Crippen molar-refractivity contribution in [3.63, 3.8) is 0 Å². The van der Waals surface area contributed by atoms with Crippen LogP contribution in [-0.4, -0.2) is 18.1 Å². The molecule has 0 saturated heterocycles. The fourth-order valence-electron chi connectivity index (χ4n) is 1.76. The maximum atomic E-state index is 11.9. The van der Waals surface area contributed by atoms with E-state index in [9.17, 15) is 14.7 Å². The van der Waals surface area contributed by atoms with Crippen LogP contribution in [0.3, 0.4) is 0 Å². The molecule has 0 aliphatic rings. The molecule has 0 aromatic heterocycles. The van der Waals surface area contributed by atoms with Gasteiger partial charge in [-0.3, -0.25) is 4.79 Å². The van der Waals surface area contributed by atoms with E-state index in [1.54, 1.807) is 24.3 Å². The van der Waals surface area contributed by atoms with Gasteiger partial charge in [-0.2, -0.15) is 5.10 Å². The second-order valence-electron chi connectivity index (χ2n) is 4.42. The summed E-state index contributed by atoms with van der Waals surface area (Å²) in [5.74, 6) is -1.53. The number of hydrogen-bond acceptors (Lipinski definition) is 4. The van der Waals surface area contributed by atoms with Gasteiger partial charge in [0, 0.05) is 5.56 Å². The minimum absolute atomic E-state index is 0.0936.